The Labute approximate surface area is 169 Å². The third-order valence-corrected chi connectivity index (χ3v) is 4.69. The number of nitrogens with zero attached hydrogens (tertiary/aromatic N) is 4. The van der Waals surface area contributed by atoms with E-state index in [0.717, 1.165) is 22.6 Å². The Balaban J connectivity index is 1.53. The summed E-state index contributed by atoms with van der Waals surface area (Å²) in [5, 5.41) is 0. The summed E-state index contributed by atoms with van der Waals surface area (Å²) in [5.74, 6) is 1.57. The van der Waals surface area contributed by atoms with Gasteiger partial charge in [-0.05, 0) is 36.4 Å². The number of para-hydroxylation sites is 3. The number of hydrogen-bond donors (Lipinski definition) is 0. The van der Waals surface area contributed by atoms with Crippen molar-refractivity contribution in [2.45, 2.75) is 13.1 Å². The van der Waals surface area contributed by atoms with Crippen molar-refractivity contribution in [3.8, 4) is 5.75 Å². The molecule has 29 heavy (non-hydrogen) atoms. The summed E-state index contributed by atoms with van der Waals surface area (Å²) in [4.78, 5) is 23.1. The Kier molecular flexibility index (Phi) is 5.52. The number of fused-ring (bicyclic) bond motifs is 1. The number of pyridine rings is 1. The Bertz CT molecular complexity index is 1090. The lowest BCUT2D eigenvalue weighted by atomic mass is 10.2. The molecule has 0 aliphatic heterocycles. The minimum absolute atomic E-state index is 0.0859. The fourth-order valence-corrected chi connectivity index (χ4v) is 3.26. The van der Waals surface area contributed by atoms with Crippen LogP contribution in [-0.2, 0) is 13.1 Å². The van der Waals surface area contributed by atoms with Gasteiger partial charge in [-0.1, -0.05) is 30.3 Å². The molecular formula is C23H22N4O2. The summed E-state index contributed by atoms with van der Waals surface area (Å²) in [7, 11) is 1.78. The van der Waals surface area contributed by atoms with Crippen LogP contribution in [0.1, 0.15) is 16.2 Å². The van der Waals surface area contributed by atoms with Crippen LogP contribution in [0, 0.1) is 0 Å². The molecule has 4 rings (SSSR count). The van der Waals surface area contributed by atoms with E-state index in [2.05, 4.69) is 9.55 Å². The summed E-state index contributed by atoms with van der Waals surface area (Å²) >= 11 is 0. The van der Waals surface area contributed by atoms with Gasteiger partial charge in [0.2, 0.25) is 0 Å². The summed E-state index contributed by atoms with van der Waals surface area (Å²) < 4.78 is 7.98. The van der Waals surface area contributed by atoms with E-state index in [1.165, 1.54) is 0 Å². The molecule has 2 heterocycles. The van der Waals surface area contributed by atoms with E-state index < -0.39 is 0 Å². The van der Waals surface area contributed by atoms with Gasteiger partial charge in [-0.2, -0.15) is 0 Å². The minimum Gasteiger partial charge on any atom is -0.492 e. The second-order valence-corrected chi connectivity index (χ2v) is 6.73. The Morgan fingerprint density at radius 2 is 1.83 bits per heavy atom. The Hall–Kier alpha value is -3.67. The first-order valence-corrected chi connectivity index (χ1v) is 9.50. The maximum Gasteiger partial charge on any atom is 0.255 e. The molecule has 6 heteroatoms. The fraction of sp³-hybridized carbons (Fsp3) is 0.174. The quantitative estimate of drug-likeness (QED) is 0.485. The molecular weight excluding hydrogens is 364 g/mol. The van der Waals surface area contributed by atoms with Gasteiger partial charge in [0.25, 0.3) is 5.91 Å². The van der Waals surface area contributed by atoms with Gasteiger partial charge >= 0.3 is 0 Å². The van der Waals surface area contributed by atoms with Crippen LogP contribution in [0.25, 0.3) is 11.0 Å². The molecule has 2 aromatic carbocycles. The predicted molar refractivity (Wildman–Crippen MR) is 112 cm³/mol. The van der Waals surface area contributed by atoms with Gasteiger partial charge in [0.15, 0.2) is 0 Å². The van der Waals surface area contributed by atoms with E-state index in [1.807, 2.05) is 54.6 Å². The maximum absolute atomic E-state index is 12.7. The molecule has 4 aromatic rings. The van der Waals surface area contributed by atoms with Gasteiger partial charge in [0.05, 0.1) is 29.7 Å². The molecule has 2 aromatic heterocycles. The predicted octanol–water partition coefficient (Wildman–Crippen LogP) is 3.78. The van der Waals surface area contributed by atoms with E-state index in [0.29, 0.717) is 25.3 Å². The smallest absolute Gasteiger partial charge is 0.255 e. The number of ether oxygens (including phenoxy) is 1. The van der Waals surface area contributed by atoms with E-state index in [9.17, 15) is 4.79 Å². The van der Waals surface area contributed by atoms with Crippen LogP contribution in [0.5, 0.6) is 5.75 Å². The van der Waals surface area contributed by atoms with E-state index in [1.54, 1.807) is 36.5 Å². The molecule has 0 aliphatic rings. The van der Waals surface area contributed by atoms with Gasteiger partial charge in [-0.25, -0.2) is 4.98 Å². The SMILES string of the molecule is CN(Cc1nc2ccccc2n1CCOc1ccccc1)C(=O)c1cccnc1. The van der Waals surface area contributed by atoms with Crippen LogP contribution in [0.3, 0.4) is 0 Å². The van der Waals surface area contributed by atoms with Crippen molar-refractivity contribution in [2.75, 3.05) is 13.7 Å². The average Bonchev–Trinajstić information content (AvgIpc) is 3.11. The highest BCUT2D eigenvalue weighted by Crippen LogP contribution is 2.18. The second kappa shape index (κ2) is 8.56. The van der Waals surface area contributed by atoms with E-state index in [4.69, 9.17) is 9.72 Å². The van der Waals surface area contributed by atoms with Crippen molar-refractivity contribution in [1.82, 2.24) is 19.4 Å². The highest BCUT2D eigenvalue weighted by Gasteiger charge is 2.17. The number of benzene rings is 2. The lowest BCUT2D eigenvalue weighted by Gasteiger charge is -2.18. The molecule has 1 amide bonds. The lowest BCUT2D eigenvalue weighted by Crippen LogP contribution is -2.28. The zero-order valence-electron chi connectivity index (χ0n) is 16.2. The number of hydrogen-bond acceptors (Lipinski definition) is 4. The summed E-state index contributed by atoms with van der Waals surface area (Å²) in [6, 6.07) is 21.2. The van der Waals surface area contributed by atoms with Crippen LogP contribution in [0.2, 0.25) is 0 Å². The maximum atomic E-state index is 12.7. The number of amides is 1. The molecule has 0 fully saturated rings. The van der Waals surface area contributed by atoms with E-state index >= 15 is 0 Å². The highest BCUT2D eigenvalue weighted by atomic mass is 16.5. The molecule has 0 spiro atoms. The molecule has 0 N–H and O–H groups in total. The zero-order valence-corrected chi connectivity index (χ0v) is 16.2. The molecule has 0 saturated heterocycles. The molecule has 146 valence electrons. The normalized spacial score (nSPS) is 10.8. The molecule has 0 atom stereocenters. The molecule has 6 nitrogen and oxygen atoms in total. The van der Waals surface area contributed by atoms with Crippen molar-refractivity contribution in [3.05, 3.63) is 90.5 Å². The highest BCUT2D eigenvalue weighted by molar-refractivity contribution is 5.93. The topological polar surface area (TPSA) is 60.2 Å². The zero-order chi connectivity index (χ0) is 20.1. The molecule has 0 radical (unpaired) electrons. The second-order valence-electron chi connectivity index (χ2n) is 6.73. The first-order chi connectivity index (χ1) is 14.2. The minimum atomic E-state index is -0.0859. The van der Waals surface area contributed by atoms with Crippen molar-refractivity contribution in [2.24, 2.45) is 0 Å². The summed E-state index contributed by atoms with van der Waals surface area (Å²) in [6.07, 6.45) is 3.23. The average molecular weight is 386 g/mol. The van der Waals surface area contributed by atoms with Gasteiger partial charge in [0, 0.05) is 19.4 Å². The standard InChI is InChI=1S/C23H22N4O2/c1-26(23(28)18-8-7-13-24-16-18)17-22-25-20-11-5-6-12-21(20)27(22)14-15-29-19-9-3-2-4-10-19/h2-13,16H,14-15,17H2,1H3. The van der Waals surface area contributed by atoms with Gasteiger partial charge in [-0.3, -0.25) is 9.78 Å². The van der Waals surface area contributed by atoms with E-state index in [-0.39, 0.29) is 5.91 Å². The largest absolute Gasteiger partial charge is 0.492 e. The first-order valence-electron chi connectivity index (χ1n) is 9.50. The van der Waals surface area contributed by atoms with Crippen LogP contribution in [0.15, 0.2) is 79.1 Å². The van der Waals surface area contributed by atoms with Crippen LogP contribution < -0.4 is 4.74 Å². The van der Waals surface area contributed by atoms with Gasteiger partial charge in [-0.15, -0.1) is 0 Å². The van der Waals surface area contributed by atoms with Crippen LogP contribution >= 0.6 is 0 Å². The van der Waals surface area contributed by atoms with Crippen LogP contribution in [0.4, 0.5) is 0 Å². The monoisotopic (exact) mass is 386 g/mol. The lowest BCUT2D eigenvalue weighted by molar-refractivity contribution is 0.0779. The van der Waals surface area contributed by atoms with Gasteiger partial charge < -0.3 is 14.2 Å². The number of carbonyl (C=O) groups excluding carboxylic acids is 1. The molecule has 0 saturated carbocycles. The van der Waals surface area contributed by atoms with Crippen molar-refractivity contribution in [1.29, 1.82) is 0 Å². The first kappa shape index (κ1) is 18.7. The van der Waals surface area contributed by atoms with Crippen molar-refractivity contribution >= 4 is 16.9 Å². The Morgan fingerprint density at radius 3 is 2.62 bits per heavy atom. The molecule has 0 unspecified atom stereocenters. The molecule has 0 bridgehead atoms. The van der Waals surface area contributed by atoms with Crippen molar-refractivity contribution in [3.63, 3.8) is 0 Å². The number of imidazole rings is 1. The third-order valence-electron chi connectivity index (χ3n) is 4.69. The Morgan fingerprint density at radius 1 is 1.03 bits per heavy atom. The number of rotatable bonds is 7. The van der Waals surface area contributed by atoms with Gasteiger partial charge in [0.1, 0.15) is 18.2 Å². The molecule has 0 aliphatic carbocycles. The third kappa shape index (κ3) is 4.27. The van der Waals surface area contributed by atoms with Crippen molar-refractivity contribution < 1.29 is 9.53 Å². The number of aromatic nitrogens is 3. The fourth-order valence-electron chi connectivity index (χ4n) is 3.26. The summed E-state index contributed by atoms with van der Waals surface area (Å²) in [6.45, 7) is 1.55. The van der Waals surface area contributed by atoms with Crippen LogP contribution in [-0.4, -0.2) is 39.0 Å². The number of carbonyl (C=O) groups is 1. The summed E-state index contributed by atoms with van der Waals surface area (Å²) in [5.41, 5.74) is 2.50.